The quantitative estimate of drug-likeness (QED) is 0.805. The summed E-state index contributed by atoms with van der Waals surface area (Å²) in [6, 6.07) is 7.61. The van der Waals surface area contributed by atoms with Crippen molar-refractivity contribution >= 4 is 12.0 Å². The van der Waals surface area contributed by atoms with Gasteiger partial charge in [0.15, 0.2) is 0 Å². The van der Waals surface area contributed by atoms with Crippen LogP contribution in [0.4, 0.5) is 0 Å². The smallest absolute Gasteiger partial charge is 0.244 e. The van der Waals surface area contributed by atoms with Crippen molar-refractivity contribution in [2.75, 3.05) is 26.7 Å². The molecule has 1 aromatic carbocycles. The van der Waals surface area contributed by atoms with E-state index in [0.717, 1.165) is 24.4 Å². The third kappa shape index (κ3) is 5.87. The summed E-state index contributed by atoms with van der Waals surface area (Å²) in [6.07, 6.45) is 3.79. The van der Waals surface area contributed by atoms with Crippen LogP contribution in [-0.2, 0) is 9.53 Å². The summed E-state index contributed by atoms with van der Waals surface area (Å²) in [5.41, 5.74) is 0.816. The standard InChI is InChI=1S/C20H30N2O3/c1-15-12-22(13-16(2)25-15)20(3,4)14-21-19(23)10-9-17-7-6-8-18(11-17)24-5/h6-11,15-16H,12-14H2,1-5H3,(H,21,23). The lowest BCUT2D eigenvalue weighted by Crippen LogP contribution is -2.58. The number of ether oxygens (including phenoxy) is 2. The maximum absolute atomic E-state index is 12.2. The van der Waals surface area contributed by atoms with Crippen LogP contribution in [0.25, 0.3) is 6.08 Å². The fraction of sp³-hybridized carbons (Fsp3) is 0.550. The second kappa shape index (κ2) is 8.50. The van der Waals surface area contributed by atoms with Gasteiger partial charge in [-0.05, 0) is 51.5 Å². The first kappa shape index (κ1) is 19.5. The van der Waals surface area contributed by atoms with E-state index in [4.69, 9.17) is 9.47 Å². The maximum atomic E-state index is 12.2. The zero-order valence-electron chi connectivity index (χ0n) is 15.9. The van der Waals surface area contributed by atoms with E-state index in [1.54, 1.807) is 19.3 Å². The molecule has 1 aliphatic heterocycles. The van der Waals surface area contributed by atoms with Crippen molar-refractivity contribution in [2.45, 2.75) is 45.4 Å². The van der Waals surface area contributed by atoms with Gasteiger partial charge in [0.1, 0.15) is 5.75 Å². The predicted octanol–water partition coefficient (Wildman–Crippen LogP) is 2.71. The number of hydrogen-bond acceptors (Lipinski definition) is 4. The lowest BCUT2D eigenvalue weighted by atomic mass is 10.00. The lowest BCUT2D eigenvalue weighted by Gasteiger charge is -2.45. The third-order valence-electron chi connectivity index (χ3n) is 4.49. The Kier molecular flexibility index (Phi) is 6.62. The molecule has 1 heterocycles. The van der Waals surface area contributed by atoms with Gasteiger partial charge in [-0.15, -0.1) is 0 Å². The molecule has 1 saturated heterocycles. The first-order chi connectivity index (χ1) is 11.8. The molecule has 2 unspecified atom stereocenters. The summed E-state index contributed by atoms with van der Waals surface area (Å²) in [4.78, 5) is 14.5. The normalized spacial score (nSPS) is 22.1. The van der Waals surface area contributed by atoms with Crippen LogP contribution in [0.5, 0.6) is 5.75 Å². The Balaban J connectivity index is 1.88. The average molecular weight is 346 g/mol. The molecule has 1 aromatic rings. The highest BCUT2D eigenvalue weighted by atomic mass is 16.5. The van der Waals surface area contributed by atoms with Crippen LogP contribution in [0.3, 0.4) is 0 Å². The molecular formula is C20H30N2O3. The molecule has 2 rings (SSSR count). The molecule has 0 radical (unpaired) electrons. The number of nitrogens with zero attached hydrogens (tertiary/aromatic N) is 1. The van der Waals surface area contributed by atoms with Gasteiger partial charge in [0.05, 0.1) is 19.3 Å². The average Bonchev–Trinajstić information content (AvgIpc) is 2.57. The van der Waals surface area contributed by atoms with Crippen molar-refractivity contribution in [3.63, 3.8) is 0 Å². The lowest BCUT2D eigenvalue weighted by molar-refractivity contribution is -0.118. The molecule has 1 fully saturated rings. The van der Waals surface area contributed by atoms with E-state index in [9.17, 15) is 4.79 Å². The summed E-state index contributed by atoms with van der Waals surface area (Å²) < 4.78 is 11.0. The Bertz CT molecular complexity index is 603. The second-order valence-electron chi connectivity index (χ2n) is 7.30. The van der Waals surface area contributed by atoms with Crippen molar-refractivity contribution in [3.8, 4) is 5.75 Å². The number of nitrogens with one attached hydrogen (secondary N) is 1. The molecule has 2 atom stereocenters. The van der Waals surface area contributed by atoms with Gasteiger partial charge in [-0.3, -0.25) is 9.69 Å². The maximum Gasteiger partial charge on any atom is 0.244 e. The molecule has 5 nitrogen and oxygen atoms in total. The van der Waals surface area contributed by atoms with Crippen LogP contribution in [0.1, 0.15) is 33.3 Å². The number of morpholine rings is 1. The molecular weight excluding hydrogens is 316 g/mol. The Hall–Kier alpha value is -1.85. The molecule has 0 spiro atoms. The van der Waals surface area contributed by atoms with E-state index in [1.165, 1.54) is 0 Å². The highest BCUT2D eigenvalue weighted by Crippen LogP contribution is 2.20. The minimum Gasteiger partial charge on any atom is -0.497 e. The molecule has 138 valence electrons. The Labute approximate surface area is 151 Å². The predicted molar refractivity (Wildman–Crippen MR) is 101 cm³/mol. The molecule has 1 aliphatic rings. The van der Waals surface area contributed by atoms with E-state index in [2.05, 4.69) is 37.9 Å². The van der Waals surface area contributed by atoms with E-state index < -0.39 is 0 Å². The van der Waals surface area contributed by atoms with Crippen molar-refractivity contribution in [2.24, 2.45) is 0 Å². The number of amides is 1. The fourth-order valence-corrected chi connectivity index (χ4v) is 3.06. The van der Waals surface area contributed by atoms with E-state index in [1.807, 2.05) is 24.3 Å². The third-order valence-corrected chi connectivity index (χ3v) is 4.49. The van der Waals surface area contributed by atoms with Gasteiger partial charge in [-0.2, -0.15) is 0 Å². The molecule has 0 aromatic heterocycles. The topological polar surface area (TPSA) is 50.8 Å². The number of rotatable bonds is 6. The Morgan fingerprint density at radius 2 is 2.04 bits per heavy atom. The molecule has 1 N–H and O–H groups in total. The van der Waals surface area contributed by atoms with Gasteiger partial charge in [0, 0.05) is 31.2 Å². The van der Waals surface area contributed by atoms with Gasteiger partial charge < -0.3 is 14.8 Å². The van der Waals surface area contributed by atoms with Crippen LogP contribution < -0.4 is 10.1 Å². The first-order valence-electron chi connectivity index (χ1n) is 8.80. The van der Waals surface area contributed by atoms with Crippen LogP contribution in [-0.4, -0.2) is 55.3 Å². The van der Waals surface area contributed by atoms with Gasteiger partial charge in [0.2, 0.25) is 5.91 Å². The van der Waals surface area contributed by atoms with E-state index >= 15 is 0 Å². The van der Waals surface area contributed by atoms with Crippen LogP contribution >= 0.6 is 0 Å². The Morgan fingerprint density at radius 3 is 2.68 bits per heavy atom. The van der Waals surface area contributed by atoms with E-state index in [-0.39, 0.29) is 23.7 Å². The highest BCUT2D eigenvalue weighted by molar-refractivity contribution is 5.91. The molecule has 0 bridgehead atoms. The molecule has 0 saturated carbocycles. The summed E-state index contributed by atoms with van der Waals surface area (Å²) in [6.45, 7) is 10.9. The molecule has 25 heavy (non-hydrogen) atoms. The van der Waals surface area contributed by atoms with Gasteiger partial charge in [-0.1, -0.05) is 12.1 Å². The zero-order valence-corrected chi connectivity index (χ0v) is 15.9. The minimum atomic E-state index is -0.119. The Morgan fingerprint density at radius 1 is 1.36 bits per heavy atom. The van der Waals surface area contributed by atoms with Crippen molar-refractivity contribution in [3.05, 3.63) is 35.9 Å². The minimum absolute atomic E-state index is 0.0924. The summed E-state index contributed by atoms with van der Waals surface area (Å²) >= 11 is 0. The summed E-state index contributed by atoms with van der Waals surface area (Å²) in [7, 11) is 1.63. The number of carbonyl (C=O) groups excluding carboxylic acids is 1. The molecule has 0 aliphatic carbocycles. The highest BCUT2D eigenvalue weighted by Gasteiger charge is 2.33. The molecule has 1 amide bonds. The van der Waals surface area contributed by atoms with Crippen LogP contribution in [0, 0.1) is 0 Å². The number of carbonyl (C=O) groups is 1. The van der Waals surface area contributed by atoms with Crippen molar-refractivity contribution < 1.29 is 14.3 Å². The number of methoxy groups -OCH3 is 1. The SMILES string of the molecule is COc1cccc(C=CC(=O)NCC(C)(C)N2CC(C)OC(C)C2)c1. The second-order valence-corrected chi connectivity index (χ2v) is 7.30. The molecule has 5 heteroatoms. The number of hydrogen-bond donors (Lipinski definition) is 1. The summed E-state index contributed by atoms with van der Waals surface area (Å²) in [5.74, 6) is 0.685. The largest absolute Gasteiger partial charge is 0.497 e. The van der Waals surface area contributed by atoms with Crippen molar-refractivity contribution in [1.82, 2.24) is 10.2 Å². The zero-order chi connectivity index (χ0) is 18.4. The van der Waals surface area contributed by atoms with Gasteiger partial charge in [0.25, 0.3) is 0 Å². The van der Waals surface area contributed by atoms with Crippen molar-refractivity contribution in [1.29, 1.82) is 0 Å². The summed E-state index contributed by atoms with van der Waals surface area (Å²) in [5, 5.41) is 3.01. The first-order valence-corrected chi connectivity index (χ1v) is 8.80. The number of benzene rings is 1. The van der Waals surface area contributed by atoms with Crippen LogP contribution in [0.15, 0.2) is 30.3 Å². The van der Waals surface area contributed by atoms with Gasteiger partial charge >= 0.3 is 0 Å². The monoisotopic (exact) mass is 346 g/mol. The van der Waals surface area contributed by atoms with Gasteiger partial charge in [-0.25, -0.2) is 0 Å². The van der Waals surface area contributed by atoms with E-state index in [0.29, 0.717) is 6.54 Å². The van der Waals surface area contributed by atoms with Crippen LogP contribution in [0.2, 0.25) is 0 Å². The fourth-order valence-electron chi connectivity index (χ4n) is 3.06.